The Bertz CT molecular complexity index is 246. The maximum absolute atomic E-state index is 2.38. The first kappa shape index (κ1) is 10.8. The number of halogens is 2. The molecule has 0 aliphatic rings. The highest BCUT2D eigenvalue weighted by Gasteiger charge is 2.06. The van der Waals surface area contributed by atoms with Gasteiger partial charge < -0.3 is 0 Å². The summed E-state index contributed by atoms with van der Waals surface area (Å²) in [6.07, 6.45) is 2.31. The molecule has 0 aliphatic heterocycles. The molecule has 1 aromatic rings. The third-order valence-electron chi connectivity index (χ3n) is 1.50. The van der Waals surface area contributed by atoms with Gasteiger partial charge in [0.2, 0.25) is 0 Å². The second-order valence-electron chi connectivity index (χ2n) is 3.05. The van der Waals surface area contributed by atoms with Gasteiger partial charge in [-0.05, 0) is 75.2 Å². The Hall–Kier alpha value is 0.680. The quantitative estimate of drug-likeness (QED) is 0.673. The van der Waals surface area contributed by atoms with Gasteiger partial charge in [0.15, 0.2) is 0 Å². The van der Waals surface area contributed by atoms with Gasteiger partial charge in [-0.3, -0.25) is 0 Å². The lowest BCUT2D eigenvalue weighted by Crippen LogP contribution is -1.96. The molecule has 0 bridgehead atoms. The van der Waals surface area contributed by atoms with E-state index >= 15 is 0 Å². The van der Waals surface area contributed by atoms with E-state index in [9.17, 15) is 0 Å². The molecule has 0 unspecified atom stereocenters. The fourth-order valence-electron chi connectivity index (χ4n) is 1.00. The number of benzene rings is 1. The Kier molecular flexibility index (Phi) is 4.29. The van der Waals surface area contributed by atoms with E-state index in [1.54, 1.807) is 0 Å². The molecule has 0 aromatic heterocycles. The molecule has 0 aliphatic carbocycles. The van der Waals surface area contributed by atoms with Crippen LogP contribution in [0.3, 0.4) is 0 Å². The summed E-state index contributed by atoms with van der Waals surface area (Å²) >= 11 is 4.77. The summed E-state index contributed by atoms with van der Waals surface area (Å²) in [5.41, 5.74) is 1.38. The van der Waals surface area contributed by atoms with Crippen molar-refractivity contribution in [1.82, 2.24) is 0 Å². The highest BCUT2D eigenvalue weighted by molar-refractivity contribution is 14.1. The van der Waals surface area contributed by atoms with Crippen molar-refractivity contribution in [2.75, 3.05) is 0 Å². The first-order chi connectivity index (χ1) is 5.61. The summed E-state index contributed by atoms with van der Waals surface area (Å²) in [6.45, 7) is 4.42. The average Bonchev–Trinajstić information content (AvgIpc) is 1.97. The van der Waals surface area contributed by atoms with E-state index in [2.05, 4.69) is 83.6 Å². The fourth-order valence-corrected chi connectivity index (χ4v) is 2.88. The van der Waals surface area contributed by atoms with Gasteiger partial charge in [0.25, 0.3) is 0 Å². The molecule has 0 saturated heterocycles. The largest absolute Gasteiger partial charge is 0.0622 e. The molecule has 0 spiro atoms. The van der Waals surface area contributed by atoms with Gasteiger partial charge >= 0.3 is 0 Å². The Labute approximate surface area is 101 Å². The minimum Gasteiger partial charge on any atom is -0.0622 e. The third kappa shape index (κ3) is 2.87. The lowest BCUT2D eigenvalue weighted by atomic mass is 10.0. The maximum Gasteiger partial charge on any atom is 0.0176 e. The molecule has 1 radical (unpaired) electrons. The Balaban J connectivity index is 2.96. The van der Waals surface area contributed by atoms with Crippen LogP contribution in [0.4, 0.5) is 0 Å². The third-order valence-corrected chi connectivity index (χ3v) is 3.38. The summed E-state index contributed by atoms with van der Waals surface area (Å²) in [4.78, 5) is 0. The monoisotopic (exact) mass is 385 g/mol. The van der Waals surface area contributed by atoms with Gasteiger partial charge in [0, 0.05) is 7.14 Å². The lowest BCUT2D eigenvalue weighted by Gasteiger charge is -2.08. The van der Waals surface area contributed by atoms with Crippen LogP contribution in [0, 0.1) is 19.5 Å². The van der Waals surface area contributed by atoms with E-state index in [4.69, 9.17) is 0 Å². The fraction of sp³-hybridized carbons (Fsp3) is 0.300. The lowest BCUT2D eigenvalue weighted by molar-refractivity contribution is 0.774. The van der Waals surface area contributed by atoms with Crippen LogP contribution in [0.25, 0.3) is 0 Å². The van der Waals surface area contributed by atoms with Crippen LogP contribution in [0.5, 0.6) is 0 Å². The highest BCUT2D eigenvalue weighted by Crippen LogP contribution is 2.23. The number of hydrogen-bond acceptors (Lipinski definition) is 0. The van der Waals surface area contributed by atoms with Crippen molar-refractivity contribution >= 4 is 45.2 Å². The zero-order valence-electron chi connectivity index (χ0n) is 7.14. The minimum absolute atomic E-state index is 0.620. The van der Waals surface area contributed by atoms with Crippen molar-refractivity contribution < 1.29 is 0 Å². The zero-order valence-corrected chi connectivity index (χ0v) is 11.5. The van der Waals surface area contributed by atoms with E-state index in [1.165, 1.54) is 12.7 Å². The number of hydrogen-bond donors (Lipinski definition) is 0. The maximum atomic E-state index is 2.38. The predicted octanol–water partition coefficient (Wildman–Crippen LogP) is 4.10. The van der Waals surface area contributed by atoms with Crippen LogP contribution in [0.1, 0.15) is 19.4 Å². The first-order valence-electron chi connectivity index (χ1n) is 3.90. The van der Waals surface area contributed by atoms with Crippen molar-refractivity contribution in [2.45, 2.75) is 13.8 Å². The van der Waals surface area contributed by atoms with E-state index in [0.717, 1.165) is 0 Å². The second-order valence-corrected chi connectivity index (χ2v) is 5.37. The van der Waals surface area contributed by atoms with Crippen LogP contribution >= 0.6 is 45.2 Å². The van der Waals surface area contributed by atoms with Crippen molar-refractivity contribution in [2.24, 2.45) is 5.92 Å². The van der Waals surface area contributed by atoms with E-state index < -0.39 is 0 Å². The Morgan fingerprint density at radius 3 is 2.08 bits per heavy atom. The van der Waals surface area contributed by atoms with Gasteiger partial charge in [0.1, 0.15) is 0 Å². The normalized spacial score (nSPS) is 10.8. The predicted molar refractivity (Wildman–Crippen MR) is 70.1 cm³/mol. The van der Waals surface area contributed by atoms with Crippen LogP contribution in [-0.2, 0) is 0 Å². The van der Waals surface area contributed by atoms with Crippen LogP contribution < -0.4 is 0 Å². The SMILES string of the molecule is CC(C)[CH]c1c(I)cccc1I. The minimum atomic E-state index is 0.620. The van der Waals surface area contributed by atoms with Crippen LogP contribution in [0.2, 0.25) is 0 Å². The van der Waals surface area contributed by atoms with Crippen LogP contribution in [-0.4, -0.2) is 0 Å². The Morgan fingerprint density at radius 2 is 1.67 bits per heavy atom. The molecule has 0 fully saturated rings. The van der Waals surface area contributed by atoms with Gasteiger partial charge in [-0.1, -0.05) is 19.9 Å². The first-order valence-corrected chi connectivity index (χ1v) is 6.06. The molecule has 0 nitrogen and oxygen atoms in total. The molecule has 1 aromatic carbocycles. The molecular formula is C10H11I2. The highest BCUT2D eigenvalue weighted by atomic mass is 127. The smallest absolute Gasteiger partial charge is 0.0176 e. The summed E-state index contributed by atoms with van der Waals surface area (Å²) in [5.74, 6) is 0.620. The molecule has 65 valence electrons. The van der Waals surface area contributed by atoms with E-state index in [-0.39, 0.29) is 0 Å². The summed E-state index contributed by atoms with van der Waals surface area (Å²) in [5, 5.41) is 0. The summed E-state index contributed by atoms with van der Waals surface area (Å²) in [6, 6.07) is 6.40. The van der Waals surface area contributed by atoms with Crippen molar-refractivity contribution in [3.8, 4) is 0 Å². The molecule has 12 heavy (non-hydrogen) atoms. The molecule has 0 heterocycles. The molecule has 0 saturated carbocycles. The second kappa shape index (κ2) is 4.79. The molecule has 2 heteroatoms. The molecule has 1 rings (SSSR count). The van der Waals surface area contributed by atoms with Crippen molar-refractivity contribution in [3.05, 3.63) is 37.3 Å². The van der Waals surface area contributed by atoms with Gasteiger partial charge in [0.05, 0.1) is 0 Å². The van der Waals surface area contributed by atoms with Gasteiger partial charge in [-0.25, -0.2) is 0 Å². The molecule has 0 amide bonds. The molecular weight excluding hydrogens is 374 g/mol. The molecule has 0 atom stereocenters. The van der Waals surface area contributed by atoms with Gasteiger partial charge in [-0.2, -0.15) is 0 Å². The van der Waals surface area contributed by atoms with Crippen molar-refractivity contribution in [1.29, 1.82) is 0 Å². The van der Waals surface area contributed by atoms with Crippen LogP contribution in [0.15, 0.2) is 18.2 Å². The average molecular weight is 385 g/mol. The topological polar surface area (TPSA) is 0 Å². The van der Waals surface area contributed by atoms with E-state index in [0.29, 0.717) is 5.92 Å². The summed E-state index contributed by atoms with van der Waals surface area (Å²) < 4.78 is 2.68. The molecule has 0 N–H and O–H groups in total. The van der Waals surface area contributed by atoms with E-state index in [1.807, 2.05) is 0 Å². The number of rotatable bonds is 2. The Morgan fingerprint density at radius 1 is 1.17 bits per heavy atom. The zero-order chi connectivity index (χ0) is 9.14. The standard InChI is InChI=1S/C10H11I2/c1-7(2)6-8-9(11)4-3-5-10(8)12/h3-7H,1-2H3. The van der Waals surface area contributed by atoms with Gasteiger partial charge in [-0.15, -0.1) is 0 Å². The summed E-state index contributed by atoms with van der Waals surface area (Å²) in [7, 11) is 0. The van der Waals surface area contributed by atoms with Crippen molar-refractivity contribution in [3.63, 3.8) is 0 Å².